The third kappa shape index (κ3) is 5.85. The molecule has 42 heavy (non-hydrogen) atoms. The molecule has 0 fully saturated rings. The van der Waals surface area contributed by atoms with Crippen molar-refractivity contribution in [3.63, 3.8) is 0 Å². The molecular formula is C31H32O11. The monoisotopic (exact) mass is 580 g/mol. The summed E-state index contributed by atoms with van der Waals surface area (Å²) in [5, 5.41) is 0. The standard InChI is InChI=1S/C31H32O11/c1-34-19-15-22(37-4)27-23(16-19)41-29(18-13-24(38-5)30(40-7)25(14-18)39-6)31(28(27)33)42-26(32)11-9-17-8-10-20(35-2)21(12-17)36-3/h8-16,29,31H,1-7H3/b11-9+/t29-,31+/m1/s1. The Labute approximate surface area is 243 Å². The Morgan fingerprint density at radius 1 is 0.714 bits per heavy atom. The number of esters is 1. The fraction of sp³-hybridized carbons (Fsp3) is 0.290. The van der Waals surface area contributed by atoms with Gasteiger partial charge in [-0.1, -0.05) is 6.07 Å². The first-order chi connectivity index (χ1) is 20.3. The van der Waals surface area contributed by atoms with E-state index in [4.69, 9.17) is 42.6 Å². The maximum absolute atomic E-state index is 14.0. The van der Waals surface area contributed by atoms with E-state index in [-0.39, 0.29) is 17.1 Å². The summed E-state index contributed by atoms with van der Waals surface area (Å²) >= 11 is 0. The summed E-state index contributed by atoms with van der Waals surface area (Å²) in [6.07, 6.45) is 0.257. The molecule has 3 aromatic rings. The van der Waals surface area contributed by atoms with Gasteiger partial charge in [-0.05, 0) is 35.9 Å². The van der Waals surface area contributed by atoms with Crippen LogP contribution in [0.1, 0.15) is 27.6 Å². The van der Waals surface area contributed by atoms with Crippen LogP contribution < -0.4 is 37.9 Å². The van der Waals surface area contributed by atoms with Crippen molar-refractivity contribution in [2.45, 2.75) is 12.2 Å². The van der Waals surface area contributed by atoms with E-state index in [0.717, 1.165) is 0 Å². The van der Waals surface area contributed by atoms with E-state index in [1.807, 2.05) is 0 Å². The van der Waals surface area contributed by atoms with Gasteiger partial charge in [0.15, 0.2) is 29.1 Å². The lowest BCUT2D eigenvalue weighted by Crippen LogP contribution is -2.40. The third-order valence-corrected chi connectivity index (χ3v) is 6.61. The van der Waals surface area contributed by atoms with Crippen LogP contribution in [0.15, 0.2) is 48.5 Å². The lowest BCUT2D eigenvalue weighted by atomic mass is 9.92. The Balaban J connectivity index is 1.76. The van der Waals surface area contributed by atoms with Crippen LogP contribution in [0.3, 0.4) is 0 Å². The second-order valence-corrected chi connectivity index (χ2v) is 8.87. The number of fused-ring (bicyclic) bond motifs is 1. The maximum Gasteiger partial charge on any atom is 0.331 e. The highest BCUT2D eigenvalue weighted by Gasteiger charge is 2.43. The van der Waals surface area contributed by atoms with Crippen LogP contribution in [0.4, 0.5) is 0 Å². The lowest BCUT2D eigenvalue weighted by Gasteiger charge is -2.33. The Morgan fingerprint density at radius 3 is 1.93 bits per heavy atom. The van der Waals surface area contributed by atoms with Crippen molar-refractivity contribution in [1.82, 2.24) is 0 Å². The van der Waals surface area contributed by atoms with Gasteiger partial charge in [0.2, 0.25) is 17.6 Å². The van der Waals surface area contributed by atoms with Gasteiger partial charge in [-0.3, -0.25) is 4.79 Å². The average Bonchev–Trinajstić information content (AvgIpc) is 3.03. The fourth-order valence-corrected chi connectivity index (χ4v) is 4.57. The summed E-state index contributed by atoms with van der Waals surface area (Å²) in [6, 6.07) is 11.5. The number of ketones is 1. The third-order valence-electron chi connectivity index (χ3n) is 6.61. The number of rotatable bonds is 11. The second kappa shape index (κ2) is 13.1. The molecule has 0 N–H and O–H groups in total. The van der Waals surface area contributed by atoms with Crippen molar-refractivity contribution < 1.29 is 52.2 Å². The molecular weight excluding hydrogens is 548 g/mol. The molecule has 1 aliphatic rings. The molecule has 0 radical (unpaired) electrons. The van der Waals surface area contributed by atoms with Crippen LogP contribution in [-0.2, 0) is 9.53 Å². The number of methoxy groups -OCH3 is 7. The number of Topliss-reactive ketones (excluding diaryl/α,β-unsaturated/α-hetero) is 1. The van der Waals surface area contributed by atoms with Crippen molar-refractivity contribution in [2.75, 3.05) is 49.8 Å². The van der Waals surface area contributed by atoms with Crippen LogP contribution in [0.2, 0.25) is 0 Å². The first-order valence-electron chi connectivity index (χ1n) is 12.7. The molecule has 4 rings (SSSR count). The van der Waals surface area contributed by atoms with Crippen LogP contribution in [0, 0.1) is 0 Å². The number of hydrogen-bond acceptors (Lipinski definition) is 11. The van der Waals surface area contributed by atoms with E-state index < -0.39 is 24.0 Å². The Kier molecular flexibility index (Phi) is 9.31. The molecule has 0 bridgehead atoms. The summed E-state index contributed by atoms with van der Waals surface area (Å²) in [6.45, 7) is 0. The van der Waals surface area contributed by atoms with E-state index in [2.05, 4.69) is 0 Å². The molecule has 222 valence electrons. The topological polar surface area (TPSA) is 117 Å². The minimum Gasteiger partial charge on any atom is -0.496 e. The highest BCUT2D eigenvalue weighted by molar-refractivity contribution is 6.07. The summed E-state index contributed by atoms with van der Waals surface area (Å²) in [7, 11) is 10.4. The molecule has 1 aliphatic heterocycles. The molecule has 11 heteroatoms. The molecule has 0 aliphatic carbocycles. The largest absolute Gasteiger partial charge is 0.496 e. The van der Waals surface area contributed by atoms with Crippen molar-refractivity contribution in [1.29, 1.82) is 0 Å². The summed E-state index contributed by atoms with van der Waals surface area (Å²) in [4.78, 5) is 27.1. The molecule has 1 heterocycles. The van der Waals surface area contributed by atoms with Crippen molar-refractivity contribution in [3.05, 3.63) is 65.2 Å². The van der Waals surface area contributed by atoms with Gasteiger partial charge < -0.3 is 42.6 Å². The Morgan fingerprint density at radius 2 is 1.36 bits per heavy atom. The minimum absolute atomic E-state index is 0.115. The number of ether oxygens (including phenoxy) is 9. The zero-order chi connectivity index (χ0) is 30.4. The maximum atomic E-state index is 14.0. The van der Waals surface area contributed by atoms with Gasteiger partial charge in [-0.2, -0.15) is 0 Å². The Bertz CT molecular complexity index is 1470. The highest BCUT2D eigenvalue weighted by atomic mass is 16.6. The summed E-state index contributed by atoms with van der Waals surface area (Å²) in [5.74, 6) is 1.55. The number of carbonyl (C=O) groups excluding carboxylic acids is 2. The van der Waals surface area contributed by atoms with E-state index >= 15 is 0 Å². The minimum atomic E-state index is -1.40. The second-order valence-electron chi connectivity index (χ2n) is 8.87. The first kappa shape index (κ1) is 29.9. The van der Waals surface area contributed by atoms with Crippen LogP contribution in [0.25, 0.3) is 6.08 Å². The SMILES string of the molecule is COc1cc(OC)c2c(c1)O[C@H](c1cc(OC)c(OC)c(OC)c1)[C@@H](OC(=O)/C=C/c1ccc(OC)c(OC)c1)C2=O. The van der Waals surface area contributed by atoms with Gasteiger partial charge in [0.1, 0.15) is 22.8 Å². The van der Waals surface area contributed by atoms with Crippen molar-refractivity contribution in [2.24, 2.45) is 0 Å². The summed E-state index contributed by atoms with van der Waals surface area (Å²) < 4.78 is 49.9. The predicted octanol–water partition coefficient (Wildman–Crippen LogP) is 4.69. The van der Waals surface area contributed by atoms with Gasteiger partial charge in [0, 0.05) is 23.8 Å². The van der Waals surface area contributed by atoms with E-state index in [9.17, 15) is 9.59 Å². The predicted molar refractivity (Wildman–Crippen MR) is 152 cm³/mol. The zero-order valence-corrected chi connectivity index (χ0v) is 24.3. The summed E-state index contributed by atoms with van der Waals surface area (Å²) in [5.41, 5.74) is 1.20. The highest BCUT2D eigenvalue weighted by Crippen LogP contribution is 2.46. The molecule has 3 aromatic carbocycles. The normalized spacial score (nSPS) is 15.7. The molecule has 0 unspecified atom stereocenters. The molecule has 2 atom stereocenters. The quantitative estimate of drug-likeness (QED) is 0.232. The van der Waals surface area contributed by atoms with Crippen LogP contribution in [0.5, 0.6) is 46.0 Å². The van der Waals surface area contributed by atoms with Gasteiger partial charge in [-0.25, -0.2) is 4.79 Å². The van der Waals surface area contributed by atoms with E-state index in [1.54, 1.807) is 42.5 Å². The van der Waals surface area contributed by atoms with E-state index in [1.165, 1.54) is 61.9 Å². The molecule has 0 amide bonds. The Hall–Kier alpha value is -5.06. The number of hydrogen-bond donors (Lipinski definition) is 0. The molecule has 0 saturated carbocycles. The van der Waals surface area contributed by atoms with Gasteiger partial charge in [-0.15, -0.1) is 0 Å². The number of benzene rings is 3. The molecule has 11 nitrogen and oxygen atoms in total. The van der Waals surface area contributed by atoms with E-state index in [0.29, 0.717) is 45.6 Å². The molecule has 0 aromatic heterocycles. The zero-order valence-electron chi connectivity index (χ0n) is 24.3. The van der Waals surface area contributed by atoms with Gasteiger partial charge >= 0.3 is 5.97 Å². The smallest absolute Gasteiger partial charge is 0.331 e. The fourth-order valence-electron chi connectivity index (χ4n) is 4.57. The average molecular weight is 581 g/mol. The van der Waals surface area contributed by atoms with Crippen molar-refractivity contribution >= 4 is 17.8 Å². The van der Waals surface area contributed by atoms with Crippen molar-refractivity contribution in [3.8, 4) is 46.0 Å². The molecule has 0 saturated heterocycles. The van der Waals surface area contributed by atoms with Crippen LogP contribution in [-0.4, -0.2) is 67.6 Å². The molecule has 0 spiro atoms. The van der Waals surface area contributed by atoms with Crippen LogP contribution >= 0.6 is 0 Å². The van der Waals surface area contributed by atoms with Gasteiger partial charge in [0.25, 0.3) is 0 Å². The first-order valence-corrected chi connectivity index (χ1v) is 12.7. The number of carbonyl (C=O) groups is 2. The lowest BCUT2D eigenvalue weighted by molar-refractivity contribution is -0.145. The van der Waals surface area contributed by atoms with Gasteiger partial charge in [0.05, 0.1) is 49.8 Å².